The molecule has 0 fully saturated rings. The molecule has 0 radical (unpaired) electrons. The van der Waals surface area contributed by atoms with Crippen LogP contribution in [0.1, 0.15) is 25.0 Å². The van der Waals surface area contributed by atoms with Crippen LogP contribution in [0.5, 0.6) is 0 Å². The standard InChI is InChI=1S/C59H43N5Si/c1-59(2)50-25-13-15-27-53(50)63(40-18-6-3-7-19-40)56-39-55-48(38-51(56)59)47-32-30-44(37-54(47)64(55)57-28-16-17-33-60-57)65(41-20-8-4-9-21-41,42-22-10-5-11-23-42)43-29-31-45-46-24-12-14-26-52(46)62-35-34-61-58(62)49(45)36-43/h3-39H,1-2H3. The third-order valence-corrected chi connectivity index (χ3v) is 18.9. The molecule has 0 spiro atoms. The van der Waals surface area contributed by atoms with Crippen LogP contribution in [0, 0.1) is 0 Å². The molecule has 5 nitrogen and oxygen atoms in total. The second-order valence-electron chi connectivity index (χ2n) is 17.8. The molecule has 8 aromatic carbocycles. The summed E-state index contributed by atoms with van der Waals surface area (Å²) in [6, 6.07) is 76.5. The first-order chi connectivity index (χ1) is 32.0. The molecule has 0 unspecified atom stereocenters. The fraction of sp³-hybridized carbons (Fsp3) is 0.0508. The number of imidazole rings is 1. The number of hydrogen-bond donors (Lipinski definition) is 0. The van der Waals surface area contributed by atoms with E-state index in [-0.39, 0.29) is 5.41 Å². The number of rotatable bonds is 6. The van der Waals surface area contributed by atoms with Crippen molar-refractivity contribution in [3.05, 3.63) is 236 Å². The van der Waals surface area contributed by atoms with Gasteiger partial charge in [0.1, 0.15) is 11.5 Å². The first-order valence-electron chi connectivity index (χ1n) is 22.4. The highest BCUT2D eigenvalue weighted by molar-refractivity contribution is 7.20. The first kappa shape index (κ1) is 37.5. The van der Waals surface area contributed by atoms with Crippen LogP contribution >= 0.6 is 0 Å². The molecule has 5 heterocycles. The first-order valence-corrected chi connectivity index (χ1v) is 24.4. The van der Waals surface area contributed by atoms with Crippen LogP contribution in [0.25, 0.3) is 54.9 Å². The zero-order chi connectivity index (χ0) is 43.3. The van der Waals surface area contributed by atoms with Gasteiger partial charge in [-0.05, 0) is 91.9 Å². The fourth-order valence-electron chi connectivity index (χ4n) is 11.2. The van der Waals surface area contributed by atoms with Crippen LogP contribution < -0.4 is 25.6 Å². The highest BCUT2D eigenvalue weighted by Gasteiger charge is 2.43. The van der Waals surface area contributed by atoms with Gasteiger partial charge >= 0.3 is 0 Å². The monoisotopic (exact) mass is 849 g/mol. The van der Waals surface area contributed by atoms with Gasteiger partial charge in [-0.15, -0.1) is 0 Å². The van der Waals surface area contributed by atoms with Crippen molar-refractivity contribution in [1.29, 1.82) is 0 Å². The molecule has 0 amide bonds. The minimum absolute atomic E-state index is 0.255. The summed E-state index contributed by atoms with van der Waals surface area (Å²) in [4.78, 5) is 12.5. The molecule has 0 saturated carbocycles. The molecule has 0 aliphatic carbocycles. The summed E-state index contributed by atoms with van der Waals surface area (Å²) in [6.07, 6.45) is 5.92. The summed E-state index contributed by atoms with van der Waals surface area (Å²) in [5.41, 5.74) is 10.2. The van der Waals surface area contributed by atoms with Gasteiger partial charge in [-0.25, -0.2) is 9.97 Å². The average Bonchev–Trinajstić information content (AvgIpc) is 3.99. The normalized spacial score (nSPS) is 13.5. The fourth-order valence-corrected chi connectivity index (χ4v) is 16.0. The third-order valence-electron chi connectivity index (χ3n) is 14.1. The van der Waals surface area contributed by atoms with E-state index in [4.69, 9.17) is 9.97 Å². The van der Waals surface area contributed by atoms with Gasteiger partial charge in [0.2, 0.25) is 0 Å². The van der Waals surface area contributed by atoms with Crippen molar-refractivity contribution in [1.82, 2.24) is 18.9 Å². The largest absolute Gasteiger partial charge is 0.310 e. The van der Waals surface area contributed by atoms with Gasteiger partial charge in [0, 0.05) is 51.2 Å². The van der Waals surface area contributed by atoms with Crippen molar-refractivity contribution in [3.63, 3.8) is 0 Å². The Bertz CT molecular complexity index is 3760. The summed E-state index contributed by atoms with van der Waals surface area (Å²) in [7, 11) is -3.07. The number of fused-ring (bicyclic) bond motifs is 11. The highest BCUT2D eigenvalue weighted by Crippen LogP contribution is 2.53. The van der Waals surface area contributed by atoms with Gasteiger partial charge in [0.25, 0.3) is 0 Å². The van der Waals surface area contributed by atoms with Gasteiger partial charge in [0.05, 0.1) is 27.9 Å². The minimum atomic E-state index is -3.07. The maximum atomic E-state index is 5.08. The average molecular weight is 850 g/mol. The van der Waals surface area contributed by atoms with Crippen molar-refractivity contribution < 1.29 is 0 Å². The SMILES string of the molecule is CC1(C)c2ccccc2N(c2ccccc2)c2cc3c(cc21)c1ccc([Si](c2ccccc2)(c2ccccc2)c2ccc4c5ccccc5n5ccnc5c4c2)cc1n3-c1ccccn1. The lowest BCUT2D eigenvalue weighted by Gasteiger charge is -2.42. The minimum Gasteiger partial charge on any atom is -0.310 e. The van der Waals surface area contributed by atoms with Crippen LogP contribution in [0.15, 0.2) is 225 Å². The van der Waals surface area contributed by atoms with Crippen LogP contribution in [-0.4, -0.2) is 27.0 Å². The van der Waals surface area contributed by atoms with E-state index in [0.29, 0.717) is 0 Å². The van der Waals surface area contributed by atoms with E-state index in [0.717, 1.165) is 39.1 Å². The zero-order valence-electron chi connectivity index (χ0n) is 36.1. The number of benzene rings is 8. The van der Waals surface area contributed by atoms with Gasteiger partial charge in [-0.2, -0.15) is 0 Å². The maximum absolute atomic E-state index is 5.08. The molecule has 0 saturated heterocycles. The molecule has 12 aromatic rings. The summed E-state index contributed by atoms with van der Waals surface area (Å²) >= 11 is 0. The lowest BCUT2D eigenvalue weighted by molar-refractivity contribution is 0.633. The Morgan fingerprint density at radius 3 is 1.80 bits per heavy atom. The Balaban J connectivity index is 1.15. The molecule has 6 heteroatoms. The van der Waals surface area contributed by atoms with Gasteiger partial charge in [0.15, 0.2) is 8.07 Å². The predicted molar refractivity (Wildman–Crippen MR) is 273 cm³/mol. The highest BCUT2D eigenvalue weighted by atomic mass is 28.3. The summed E-state index contributed by atoms with van der Waals surface area (Å²) < 4.78 is 4.65. The van der Waals surface area contributed by atoms with E-state index in [2.05, 4.69) is 234 Å². The lowest BCUT2D eigenvalue weighted by Crippen LogP contribution is -2.74. The predicted octanol–water partition coefficient (Wildman–Crippen LogP) is 11.6. The van der Waals surface area contributed by atoms with Crippen LogP contribution in [0.2, 0.25) is 0 Å². The number of pyridine rings is 2. The molecule has 4 aromatic heterocycles. The van der Waals surface area contributed by atoms with Crippen molar-refractivity contribution in [2.45, 2.75) is 19.3 Å². The topological polar surface area (TPSA) is 38.4 Å². The third kappa shape index (κ3) is 5.38. The summed E-state index contributed by atoms with van der Waals surface area (Å²) in [5.74, 6) is 0.886. The van der Waals surface area contributed by atoms with E-state index in [1.165, 1.54) is 64.8 Å². The Morgan fingerprint density at radius 2 is 1.05 bits per heavy atom. The van der Waals surface area contributed by atoms with E-state index in [9.17, 15) is 0 Å². The van der Waals surface area contributed by atoms with E-state index in [1.807, 2.05) is 18.5 Å². The molecule has 13 rings (SSSR count). The Kier molecular flexibility index (Phi) is 8.20. The number of para-hydroxylation sites is 3. The number of nitrogens with zero attached hydrogens (tertiary/aromatic N) is 5. The smallest absolute Gasteiger partial charge is 0.179 e. The van der Waals surface area contributed by atoms with Crippen LogP contribution in [-0.2, 0) is 5.41 Å². The lowest BCUT2D eigenvalue weighted by atomic mass is 9.73. The molecular formula is C59H43N5Si. The van der Waals surface area contributed by atoms with Crippen LogP contribution in [0.3, 0.4) is 0 Å². The summed E-state index contributed by atoms with van der Waals surface area (Å²) in [6.45, 7) is 4.75. The van der Waals surface area contributed by atoms with E-state index >= 15 is 0 Å². The van der Waals surface area contributed by atoms with Crippen molar-refractivity contribution in [2.75, 3.05) is 4.90 Å². The van der Waals surface area contributed by atoms with Gasteiger partial charge in [-0.1, -0.05) is 166 Å². The molecule has 0 N–H and O–H groups in total. The van der Waals surface area contributed by atoms with E-state index in [1.54, 1.807) is 0 Å². The number of hydrogen-bond acceptors (Lipinski definition) is 3. The van der Waals surface area contributed by atoms with Gasteiger partial charge in [-0.3, -0.25) is 8.97 Å². The Hall–Kier alpha value is -8.06. The molecular weight excluding hydrogens is 807 g/mol. The number of aromatic nitrogens is 4. The second-order valence-corrected chi connectivity index (χ2v) is 21.6. The Labute approximate surface area is 378 Å². The van der Waals surface area contributed by atoms with Crippen molar-refractivity contribution >= 4 is 95.0 Å². The summed E-state index contributed by atoms with van der Waals surface area (Å²) in [5, 5.41) is 11.2. The Morgan fingerprint density at radius 1 is 0.415 bits per heavy atom. The molecule has 65 heavy (non-hydrogen) atoms. The van der Waals surface area contributed by atoms with Crippen molar-refractivity contribution in [3.8, 4) is 5.82 Å². The van der Waals surface area contributed by atoms with Crippen LogP contribution in [0.4, 0.5) is 17.1 Å². The number of anilines is 3. The molecule has 1 aliphatic heterocycles. The quantitative estimate of drug-likeness (QED) is 0.0950. The molecule has 308 valence electrons. The van der Waals surface area contributed by atoms with E-state index < -0.39 is 8.07 Å². The van der Waals surface area contributed by atoms with Crippen molar-refractivity contribution in [2.24, 2.45) is 0 Å². The molecule has 0 bridgehead atoms. The molecule has 1 aliphatic rings. The van der Waals surface area contributed by atoms with Gasteiger partial charge < -0.3 is 4.90 Å². The maximum Gasteiger partial charge on any atom is 0.179 e. The zero-order valence-corrected chi connectivity index (χ0v) is 37.1. The second kappa shape index (κ2) is 14.2. The molecule has 0 atom stereocenters.